The van der Waals surface area contributed by atoms with Crippen LogP contribution >= 0.6 is 0 Å². The zero-order chi connectivity index (χ0) is 20.9. The van der Waals surface area contributed by atoms with Gasteiger partial charge in [0, 0.05) is 29.9 Å². The van der Waals surface area contributed by atoms with Crippen molar-refractivity contribution in [1.82, 2.24) is 10.3 Å². The van der Waals surface area contributed by atoms with Gasteiger partial charge in [-0.3, -0.25) is 4.79 Å². The number of aromatic nitrogens is 1. The highest BCUT2D eigenvalue weighted by Crippen LogP contribution is 2.17. The molecule has 0 atom stereocenters. The lowest BCUT2D eigenvalue weighted by Gasteiger charge is -2.07. The fourth-order valence-electron chi connectivity index (χ4n) is 3.03. The van der Waals surface area contributed by atoms with E-state index in [0.717, 1.165) is 22.7 Å². The van der Waals surface area contributed by atoms with E-state index in [1.54, 1.807) is 12.1 Å². The average Bonchev–Trinajstić information content (AvgIpc) is 3.08. The Balaban J connectivity index is 1.46. The molecule has 0 aliphatic heterocycles. The number of rotatable bonds is 8. The molecule has 152 valence electrons. The number of amides is 1. The van der Waals surface area contributed by atoms with Gasteiger partial charge in [0.05, 0.1) is 11.3 Å². The maximum absolute atomic E-state index is 12.1. The second-order valence-corrected chi connectivity index (χ2v) is 8.95. The molecule has 0 radical (unpaired) electrons. The van der Waals surface area contributed by atoms with Crippen LogP contribution in [-0.2, 0) is 31.5 Å². The van der Waals surface area contributed by atoms with Gasteiger partial charge in [0.2, 0.25) is 0 Å². The minimum atomic E-state index is -3.21. The highest BCUT2D eigenvalue weighted by molar-refractivity contribution is 7.89. The number of H-pyrrole nitrogens is 1. The van der Waals surface area contributed by atoms with E-state index in [9.17, 15) is 18.0 Å². The fraction of sp³-hybridized carbons (Fsp3) is 0.238. The Bertz CT molecular complexity index is 1130. The average molecular weight is 414 g/mol. The van der Waals surface area contributed by atoms with Gasteiger partial charge in [-0.25, -0.2) is 13.2 Å². The lowest BCUT2D eigenvalue weighted by molar-refractivity contribution is -0.124. The number of benzene rings is 2. The molecule has 0 bridgehead atoms. The Hall–Kier alpha value is -3.13. The molecular formula is C21H22N2O5S. The van der Waals surface area contributed by atoms with E-state index in [4.69, 9.17) is 4.74 Å². The monoisotopic (exact) mass is 414 g/mol. The summed E-state index contributed by atoms with van der Waals surface area (Å²) in [6, 6.07) is 14.1. The lowest BCUT2D eigenvalue weighted by Crippen LogP contribution is -2.30. The number of sulfone groups is 1. The van der Waals surface area contributed by atoms with Crippen molar-refractivity contribution in [2.75, 3.05) is 19.4 Å². The number of para-hydroxylation sites is 1. The van der Waals surface area contributed by atoms with Crippen molar-refractivity contribution in [2.24, 2.45) is 0 Å². The Morgan fingerprint density at radius 2 is 1.90 bits per heavy atom. The molecule has 8 heteroatoms. The summed E-state index contributed by atoms with van der Waals surface area (Å²) < 4.78 is 27.8. The fourth-order valence-corrected chi connectivity index (χ4v) is 3.82. The third-order valence-electron chi connectivity index (χ3n) is 4.32. The highest BCUT2D eigenvalue weighted by Gasteiger charge is 2.12. The Labute approximate surface area is 169 Å². The summed E-state index contributed by atoms with van der Waals surface area (Å²) in [5.74, 6) is -1.24. The normalized spacial score (nSPS) is 11.3. The third kappa shape index (κ3) is 5.92. The van der Waals surface area contributed by atoms with Gasteiger partial charge in [0.1, 0.15) is 0 Å². The van der Waals surface area contributed by atoms with Crippen molar-refractivity contribution in [3.8, 4) is 0 Å². The summed E-state index contributed by atoms with van der Waals surface area (Å²) in [4.78, 5) is 27.3. The quantitative estimate of drug-likeness (QED) is 0.550. The van der Waals surface area contributed by atoms with Crippen LogP contribution < -0.4 is 5.32 Å². The molecule has 0 fully saturated rings. The Morgan fingerprint density at radius 1 is 1.10 bits per heavy atom. The molecular weight excluding hydrogens is 392 g/mol. The minimum absolute atomic E-state index is 0.164. The van der Waals surface area contributed by atoms with Gasteiger partial charge < -0.3 is 15.0 Å². The Kier molecular flexibility index (Phi) is 6.33. The summed E-state index contributed by atoms with van der Waals surface area (Å²) in [5.41, 5.74) is 2.84. The smallest absolute Gasteiger partial charge is 0.338 e. The summed E-state index contributed by atoms with van der Waals surface area (Å²) in [6.45, 7) is 0.0189. The largest absolute Gasteiger partial charge is 0.452 e. The van der Waals surface area contributed by atoms with Gasteiger partial charge in [0.25, 0.3) is 5.91 Å². The first-order valence-corrected chi connectivity index (χ1v) is 11.1. The van der Waals surface area contributed by atoms with E-state index in [-0.39, 0.29) is 11.3 Å². The van der Waals surface area contributed by atoms with Crippen LogP contribution in [0.3, 0.4) is 0 Å². The second-order valence-electron chi connectivity index (χ2n) is 6.81. The molecule has 3 aromatic rings. The van der Waals surface area contributed by atoms with E-state index in [0.29, 0.717) is 18.5 Å². The number of carbonyl (C=O) groups excluding carboxylic acids is 2. The number of esters is 1. The topological polar surface area (TPSA) is 105 Å². The third-order valence-corrected chi connectivity index (χ3v) is 5.18. The van der Waals surface area contributed by atoms with Crippen molar-refractivity contribution in [1.29, 1.82) is 0 Å². The molecule has 0 saturated heterocycles. The molecule has 1 heterocycles. The number of hydrogen-bond donors (Lipinski definition) is 2. The molecule has 0 aliphatic rings. The van der Waals surface area contributed by atoms with E-state index < -0.39 is 28.3 Å². The molecule has 0 unspecified atom stereocenters. The van der Waals surface area contributed by atoms with E-state index in [2.05, 4.69) is 10.3 Å². The predicted molar refractivity (Wildman–Crippen MR) is 110 cm³/mol. The number of fused-ring (bicyclic) bond motifs is 1. The Morgan fingerprint density at radius 3 is 2.69 bits per heavy atom. The van der Waals surface area contributed by atoms with Crippen molar-refractivity contribution in [2.45, 2.75) is 12.2 Å². The van der Waals surface area contributed by atoms with Crippen LogP contribution in [0, 0.1) is 0 Å². The predicted octanol–water partition coefficient (Wildman–Crippen LogP) is 2.23. The number of carbonyl (C=O) groups is 2. The van der Waals surface area contributed by atoms with E-state index in [1.807, 2.05) is 30.5 Å². The van der Waals surface area contributed by atoms with Gasteiger partial charge in [-0.15, -0.1) is 0 Å². The minimum Gasteiger partial charge on any atom is -0.452 e. The number of nitrogens with one attached hydrogen (secondary N) is 2. The van der Waals surface area contributed by atoms with Crippen molar-refractivity contribution < 1.29 is 22.7 Å². The zero-order valence-electron chi connectivity index (χ0n) is 16.0. The van der Waals surface area contributed by atoms with Gasteiger partial charge in [-0.2, -0.15) is 0 Å². The maximum Gasteiger partial charge on any atom is 0.338 e. The SMILES string of the molecule is CS(=O)(=O)Cc1cccc(C(=O)OCC(=O)NCCc2c[nH]c3ccccc23)c1. The standard InChI is InChI=1S/C21H22N2O5S/c1-29(26,27)14-15-5-4-6-16(11-15)21(25)28-13-20(24)22-10-9-17-12-23-19-8-3-2-7-18(17)19/h2-8,11-12,23H,9-10,13-14H2,1H3,(H,22,24). The van der Waals surface area contributed by atoms with Crippen LogP contribution in [0.5, 0.6) is 0 Å². The number of aromatic amines is 1. The summed E-state index contributed by atoms with van der Waals surface area (Å²) in [7, 11) is -3.21. The molecule has 0 saturated carbocycles. The van der Waals surface area contributed by atoms with Crippen LogP contribution in [0.4, 0.5) is 0 Å². The number of ether oxygens (including phenoxy) is 1. The summed E-state index contributed by atoms with van der Waals surface area (Å²) in [5, 5.41) is 3.84. The van der Waals surface area contributed by atoms with Crippen molar-refractivity contribution in [3.05, 3.63) is 71.4 Å². The van der Waals surface area contributed by atoms with Crippen LogP contribution in [0.15, 0.2) is 54.7 Å². The second kappa shape index (κ2) is 8.91. The highest BCUT2D eigenvalue weighted by atomic mass is 32.2. The van der Waals surface area contributed by atoms with Crippen LogP contribution in [0.1, 0.15) is 21.5 Å². The summed E-state index contributed by atoms with van der Waals surface area (Å²) >= 11 is 0. The van der Waals surface area contributed by atoms with Crippen molar-refractivity contribution >= 4 is 32.6 Å². The van der Waals surface area contributed by atoms with Gasteiger partial charge in [-0.1, -0.05) is 30.3 Å². The van der Waals surface area contributed by atoms with E-state index in [1.165, 1.54) is 12.1 Å². The zero-order valence-corrected chi connectivity index (χ0v) is 16.8. The van der Waals surface area contributed by atoms with Gasteiger partial charge in [0.15, 0.2) is 16.4 Å². The molecule has 0 aliphatic carbocycles. The molecule has 2 aromatic carbocycles. The molecule has 1 amide bonds. The first kappa shape index (κ1) is 20.6. The van der Waals surface area contributed by atoms with E-state index >= 15 is 0 Å². The van der Waals surface area contributed by atoms with Crippen molar-refractivity contribution in [3.63, 3.8) is 0 Å². The molecule has 7 nitrogen and oxygen atoms in total. The molecule has 29 heavy (non-hydrogen) atoms. The first-order valence-electron chi connectivity index (χ1n) is 9.07. The van der Waals surface area contributed by atoms with Crippen LogP contribution in [0.2, 0.25) is 0 Å². The van der Waals surface area contributed by atoms with Gasteiger partial charge in [-0.05, 0) is 35.7 Å². The molecule has 0 spiro atoms. The number of hydrogen-bond acceptors (Lipinski definition) is 5. The molecule has 3 rings (SSSR count). The van der Waals surface area contributed by atoms with Crippen LogP contribution in [-0.4, -0.2) is 44.7 Å². The molecule has 2 N–H and O–H groups in total. The van der Waals surface area contributed by atoms with Gasteiger partial charge >= 0.3 is 5.97 Å². The first-order chi connectivity index (χ1) is 13.8. The maximum atomic E-state index is 12.1. The molecule has 1 aromatic heterocycles. The van der Waals surface area contributed by atoms with Crippen LogP contribution in [0.25, 0.3) is 10.9 Å². The lowest BCUT2D eigenvalue weighted by atomic mass is 10.1. The summed E-state index contributed by atoms with van der Waals surface area (Å²) in [6.07, 6.45) is 3.69.